The van der Waals surface area contributed by atoms with Crippen molar-refractivity contribution in [1.82, 2.24) is 14.4 Å². The molecule has 0 amide bonds. The number of nitrogens with zero attached hydrogens (tertiary/aromatic N) is 3. The van der Waals surface area contributed by atoms with Crippen molar-refractivity contribution in [3.05, 3.63) is 76.1 Å². The Morgan fingerprint density at radius 1 is 1.03 bits per heavy atom. The monoisotopic (exact) mass is 439 g/mol. The highest BCUT2D eigenvalue weighted by Gasteiger charge is 2.17. The molecule has 1 aliphatic heterocycles. The van der Waals surface area contributed by atoms with Gasteiger partial charge in [-0.25, -0.2) is 0 Å². The maximum absolute atomic E-state index is 5.47. The first-order valence-corrected chi connectivity index (χ1v) is 11.1. The fourth-order valence-electron chi connectivity index (χ4n) is 3.56. The van der Waals surface area contributed by atoms with Gasteiger partial charge in [-0.1, -0.05) is 41.4 Å². The van der Waals surface area contributed by atoms with Crippen molar-refractivity contribution in [1.29, 1.82) is 0 Å². The molecule has 1 aliphatic rings. The molecule has 168 valence electrons. The summed E-state index contributed by atoms with van der Waals surface area (Å²) in [7, 11) is 2.21. The summed E-state index contributed by atoms with van der Waals surface area (Å²) in [5, 5.41) is 0.818. The molecule has 0 N–H and O–H groups in total. The molecule has 2 aromatic rings. The summed E-state index contributed by atoms with van der Waals surface area (Å²) in [6.07, 6.45) is 13.7. The van der Waals surface area contributed by atoms with Crippen molar-refractivity contribution in [2.75, 3.05) is 33.2 Å². The minimum absolute atomic E-state index is 0.818. The van der Waals surface area contributed by atoms with E-state index < -0.39 is 0 Å². The van der Waals surface area contributed by atoms with Crippen LogP contribution in [0.4, 0.5) is 0 Å². The van der Waals surface area contributed by atoms with E-state index in [-0.39, 0.29) is 0 Å². The van der Waals surface area contributed by atoms with Crippen LogP contribution in [0, 0.1) is 33.6 Å². The van der Waals surface area contributed by atoms with Crippen LogP contribution < -0.4 is 0 Å². The number of likely N-dealkylation sites (N-methyl/N-ethyl adjacent to an activating group) is 1. The van der Waals surface area contributed by atoms with Crippen molar-refractivity contribution >= 4 is 11.6 Å². The molecule has 0 unspecified atom stereocenters. The predicted molar refractivity (Wildman–Crippen MR) is 137 cm³/mol. The van der Waals surface area contributed by atoms with Crippen LogP contribution in [-0.2, 0) is 6.54 Å². The zero-order chi connectivity index (χ0) is 23.4. The van der Waals surface area contributed by atoms with Crippen molar-refractivity contribution in [2.24, 2.45) is 0 Å². The number of hydrogen-bond donors (Lipinski definition) is 0. The lowest BCUT2D eigenvalue weighted by molar-refractivity contribution is 0.148. The molecule has 3 nitrogen and oxygen atoms in total. The van der Waals surface area contributed by atoms with Gasteiger partial charge in [-0.15, -0.1) is 12.8 Å². The Bertz CT molecular complexity index is 860. The van der Waals surface area contributed by atoms with Gasteiger partial charge in [-0.2, -0.15) is 0 Å². The maximum Gasteiger partial charge on any atom is 0.0455 e. The summed E-state index contributed by atoms with van der Waals surface area (Å²) in [6, 6.07) is 11.2. The number of terminal acetylenes is 1. The lowest BCUT2D eigenvalue weighted by Crippen LogP contribution is -2.43. The molecule has 4 heteroatoms. The average Bonchev–Trinajstić information content (AvgIpc) is 3.04. The van der Waals surface area contributed by atoms with E-state index in [2.05, 4.69) is 85.4 Å². The number of hydrogen-bond acceptors (Lipinski definition) is 2. The van der Waals surface area contributed by atoms with E-state index >= 15 is 0 Å². The average molecular weight is 440 g/mol. The third-order valence-electron chi connectivity index (χ3n) is 5.34. The van der Waals surface area contributed by atoms with Crippen LogP contribution in [0.2, 0.25) is 0 Å². The Labute approximate surface area is 195 Å². The lowest BCUT2D eigenvalue weighted by atomic mass is 10.2. The normalized spacial score (nSPS) is 15.2. The largest absolute Gasteiger partial charge is 0.318 e. The number of benzene rings is 1. The summed E-state index contributed by atoms with van der Waals surface area (Å²) < 4.78 is 2.38. The highest BCUT2D eigenvalue weighted by Crippen LogP contribution is 2.22. The van der Waals surface area contributed by atoms with E-state index in [0.717, 1.165) is 11.6 Å². The highest BCUT2D eigenvalue weighted by atomic mass is 35.5. The molecule has 1 saturated heterocycles. The van der Waals surface area contributed by atoms with E-state index in [0.29, 0.717) is 0 Å². The quantitative estimate of drug-likeness (QED) is 0.421. The van der Waals surface area contributed by atoms with Gasteiger partial charge < -0.3 is 9.47 Å². The molecule has 1 aromatic carbocycles. The van der Waals surface area contributed by atoms with E-state index in [4.69, 9.17) is 11.6 Å². The van der Waals surface area contributed by atoms with Crippen LogP contribution in [0.5, 0.6) is 0 Å². The maximum atomic E-state index is 5.47. The third-order valence-corrected chi connectivity index (χ3v) is 5.46. The summed E-state index contributed by atoms with van der Waals surface area (Å²) in [4.78, 5) is 4.98. The molecule has 31 heavy (non-hydrogen) atoms. The van der Waals surface area contributed by atoms with Gasteiger partial charge in [-0.05, 0) is 71.5 Å². The SMILES string of the molecule is C#C.C/C=C\C=C(/C)Cl.Cc1ccc(-n2c(C)cc(CN3CCN(C)CC3)c2C)cc1. The van der Waals surface area contributed by atoms with Gasteiger partial charge in [0.05, 0.1) is 0 Å². The van der Waals surface area contributed by atoms with E-state index in [1.807, 2.05) is 32.1 Å². The molecule has 0 atom stereocenters. The number of allylic oxidation sites excluding steroid dienone is 4. The van der Waals surface area contributed by atoms with Gasteiger partial charge in [0.25, 0.3) is 0 Å². The number of aryl methyl sites for hydroxylation is 2. The van der Waals surface area contributed by atoms with Crippen LogP contribution in [0.1, 0.15) is 36.4 Å². The van der Waals surface area contributed by atoms with Gasteiger partial charge in [0, 0.05) is 54.8 Å². The third kappa shape index (κ3) is 8.79. The summed E-state index contributed by atoms with van der Waals surface area (Å²) in [6.45, 7) is 16.2. The summed E-state index contributed by atoms with van der Waals surface area (Å²) >= 11 is 5.47. The fourth-order valence-corrected chi connectivity index (χ4v) is 3.63. The zero-order valence-corrected chi connectivity index (χ0v) is 20.8. The molecular weight excluding hydrogens is 402 g/mol. The minimum atomic E-state index is 0.818. The first-order chi connectivity index (χ1) is 14.8. The molecule has 0 radical (unpaired) electrons. The first kappa shape index (κ1) is 26.8. The van der Waals surface area contributed by atoms with Crippen molar-refractivity contribution in [3.63, 3.8) is 0 Å². The lowest BCUT2D eigenvalue weighted by Gasteiger charge is -2.32. The van der Waals surface area contributed by atoms with Gasteiger partial charge in [-0.3, -0.25) is 4.90 Å². The van der Waals surface area contributed by atoms with Gasteiger partial charge >= 0.3 is 0 Å². The smallest absolute Gasteiger partial charge is 0.0455 e. The van der Waals surface area contributed by atoms with Gasteiger partial charge in [0.1, 0.15) is 0 Å². The second-order valence-electron chi connectivity index (χ2n) is 7.93. The molecule has 0 aliphatic carbocycles. The fraction of sp³-hybridized carbons (Fsp3) is 0.407. The van der Waals surface area contributed by atoms with Crippen LogP contribution >= 0.6 is 11.6 Å². The number of aromatic nitrogens is 1. The van der Waals surface area contributed by atoms with Crippen LogP contribution in [0.15, 0.2) is 53.6 Å². The molecule has 2 heterocycles. The van der Waals surface area contributed by atoms with Crippen molar-refractivity contribution < 1.29 is 0 Å². The number of piperazine rings is 1. The van der Waals surface area contributed by atoms with Gasteiger partial charge in [0.15, 0.2) is 0 Å². The molecule has 3 rings (SSSR count). The van der Waals surface area contributed by atoms with E-state index in [1.54, 1.807) is 0 Å². The Kier molecular flexibility index (Phi) is 12.0. The highest BCUT2D eigenvalue weighted by molar-refractivity contribution is 6.29. The first-order valence-electron chi connectivity index (χ1n) is 10.8. The molecule has 0 spiro atoms. The molecular formula is C27H38ClN3. The summed E-state index contributed by atoms with van der Waals surface area (Å²) in [5.41, 5.74) is 6.74. The Morgan fingerprint density at radius 3 is 2.10 bits per heavy atom. The van der Waals surface area contributed by atoms with Gasteiger partial charge in [0.2, 0.25) is 0 Å². The van der Waals surface area contributed by atoms with Crippen molar-refractivity contribution in [3.8, 4) is 18.5 Å². The molecule has 1 aromatic heterocycles. The topological polar surface area (TPSA) is 11.4 Å². The zero-order valence-electron chi connectivity index (χ0n) is 20.0. The van der Waals surface area contributed by atoms with Crippen LogP contribution in [0.25, 0.3) is 5.69 Å². The molecule has 1 fully saturated rings. The Balaban J connectivity index is 0.000000457. The minimum Gasteiger partial charge on any atom is -0.318 e. The molecule has 0 saturated carbocycles. The molecule has 0 bridgehead atoms. The second kappa shape index (κ2) is 13.9. The van der Waals surface area contributed by atoms with Crippen LogP contribution in [0.3, 0.4) is 0 Å². The summed E-state index contributed by atoms with van der Waals surface area (Å²) in [5.74, 6) is 0. The van der Waals surface area contributed by atoms with Crippen molar-refractivity contribution in [2.45, 2.75) is 41.2 Å². The van der Waals surface area contributed by atoms with E-state index in [9.17, 15) is 0 Å². The standard InChI is InChI=1S/C19H27N3.C6H9Cl.C2H2/c1-15-5-7-19(8-6-15)22-16(2)13-18(17(22)3)14-21-11-9-20(4)10-12-21;1-3-4-5-6(2)7;1-2/h5-8,13H,9-12,14H2,1-4H3;3-5H,1-2H3;1-2H/b;4-3-,6-5+;. The van der Waals surface area contributed by atoms with E-state index in [1.165, 1.54) is 54.4 Å². The Morgan fingerprint density at radius 2 is 1.61 bits per heavy atom. The number of rotatable bonds is 4. The number of halogens is 1. The second-order valence-corrected chi connectivity index (χ2v) is 8.52. The predicted octanol–water partition coefficient (Wildman–Crippen LogP) is 6.10. The van der Waals surface area contributed by atoms with Crippen LogP contribution in [-0.4, -0.2) is 47.6 Å². The Hall–Kier alpha value is -2.25.